The van der Waals surface area contributed by atoms with Crippen LogP contribution in [0, 0.1) is 0 Å². The average molecular weight is 309 g/mol. The van der Waals surface area contributed by atoms with E-state index >= 15 is 0 Å². The van der Waals surface area contributed by atoms with Gasteiger partial charge in [-0.15, -0.1) is 0 Å². The first kappa shape index (κ1) is 12.8. The summed E-state index contributed by atoms with van der Waals surface area (Å²) in [5.74, 6) is 0.664. The minimum Gasteiger partial charge on any atom is -0.349 e. The highest BCUT2D eigenvalue weighted by Crippen LogP contribution is 2.12. The zero-order valence-corrected chi connectivity index (χ0v) is 11.3. The van der Waals surface area contributed by atoms with Crippen molar-refractivity contribution in [3.05, 3.63) is 46.5 Å². The Morgan fingerprint density at radius 2 is 2.33 bits per heavy atom. The van der Waals surface area contributed by atoms with E-state index in [1.807, 2.05) is 24.3 Å². The summed E-state index contributed by atoms with van der Waals surface area (Å²) in [5, 5.41) is 9.19. The van der Waals surface area contributed by atoms with Crippen LogP contribution in [0.1, 0.15) is 17.8 Å². The van der Waals surface area contributed by atoms with Gasteiger partial charge < -0.3 is 5.32 Å². The molecule has 0 aliphatic carbocycles. The molecule has 0 radical (unpaired) electrons. The van der Waals surface area contributed by atoms with Crippen LogP contribution in [0.15, 0.2) is 35.1 Å². The van der Waals surface area contributed by atoms with Crippen molar-refractivity contribution in [2.45, 2.75) is 19.4 Å². The fourth-order valence-corrected chi connectivity index (χ4v) is 1.98. The second kappa shape index (κ2) is 6.30. The average Bonchev–Trinajstić information content (AvgIpc) is 2.87. The summed E-state index contributed by atoms with van der Waals surface area (Å²) in [6, 6.07) is 7.96. The van der Waals surface area contributed by atoms with Crippen molar-refractivity contribution in [2.75, 3.05) is 0 Å². The Hall–Kier alpha value is -1.69. The molecule has 0 saturated carbocycles. The van der Waals surface area contributed by atoms with E-state index in [-0.39, 0.29) is 5.91 Å². The van der Waals surface area contributed by atoms with Crippen molar-refractivity contribution in [1.82, 2.24) is 20.5 Å². The van der Waals surface area contributed by atoms with Gasteiger partial charge in [-0.1, -0.05) is 28.1 Å². The molecule has 18 heavy (non-hydrogen) atoms. The third kappa shape index (κ3) is 3.96. The number of aromatic nitrogens is 3. The summed E-state index contributed by atoms with van der Waals surface area (Å²) in [6.45, 7) is 0.386. The number of nitrogens with one attached hydrogen (secondary N) is 2. The van der Waals surface area contributed by atoms with Crippen molar-refractivity contribution in [3.63, 3.8) is 0 Å². The number of rotatable bonds is 5. The van der Waals surface area contributed by atoms with Gasteiger partial charge in [-0.25, -0.2) is 4.98 Å². The summed E-state index contributed by atoms with van der Waals surface area (Å²) < 4.78 is 1.03. The standard InChI is InChI=1S/C12H13BrN4O/c13-10-3-1-2-9(6-10)4-5-12(18)14-7-11-15-8-16-17-11/h1-3,6,8H,4-5,7H2,(H,14,18)(H,15,16,17). The first-order chi connectivity index (χ1) is 8.74. The highest BCUT2D eigenvalue weighted by atomic mass is 79.9. The zero-order valence-electron chi connectivity index (χ0n) is 9.69. The molecule has 1 amide bonds. The SMILES string of the molecule is O=C(CCc1cccc(Br)c1)NCc1ncn[nH]1. The monoisotopic (exact) mass is 308 g/mol. The summed E-state index contributed by atoms with van der Waals surface area (Å²) in [6.07, 6.45) is 2.61. The molecule has 0 spiro atoms. The number of carbonyl (C=O) groups excluding carboxylic acids is 1. The van der Waals surface area contributed by atoms with E-state index in [0.29, 0.717) is 18.8 Å². The molecule has 0 saturated heterocycles. The van der Waals surface area contributed by atoms with Crippen molar-refractivity contribution < 1.29 is 4.79 Å². The highest BCUT2D eigenvalue weighted by molar-refractivity contribution is 9.10. The Morgan fingerprint density at radius 3 is 3.06 bits per heavy atom. The molecular formula is C12H13BrN4O. The van der Waals surface area contributed by atoms with Crippen LogP contribution in [-0.2, 0) is 17.8 Å². The third-order valence-electron chi connectivity index (χ3n) is 2.45. The number of amides is 1. The molecule has 0 aliphatic heterocycles. The van der Waals surface area contributed by atoms with Crippen LogP contribution >= 0.6 is 15.9 Å². The normalized spacial score (nSPS) is 10.3. The van der Waals surface area contributed by atoms with Crippen LogP contribution in [0.2, 0.25) is 0 Å². The van der Waals surface area contributed by atoms with Crippen LogP contribution in [-0.4, -0.2) is 21.1 Å². The fourth-order valence-electron chi connectivity index (χ4n) is 1.54. The maximum absolute atomic E-state index is 11.6. The zero-order chi connectivity index (χ0) is 12.8. The lowest BCUT2D eigenvalue weighted by Gasteiger charge is -2.03. The predicted octanol–water partition coefficient (Wildman–Crippen LogP) is 1.82. The first-order valence-corrected chi connectivity index (χ1v) is 6.39. The van der Waals surface area contributed by atoms with Crippen molar-refractivity contribution in [1.29, 1.82) is 0 Å². The molecule has 2 rings (SSSR count). The molecule has 2 aromatic rings. The number of hydrogen-bond donors (Lipinski definition) is 2. The Kier molecular flexibility index (Phi) is 4.46. The van der Waals surface area contributed by atoms with E-state index in [2.05, 4.69) is 36.4 Å². The number of aryl methyl sites for hydroxylation is 1. The molecule has 1 aromatic carbocycles. The Labute approximate surface area is 113 Å². The van der Waals surface area contributed by atoms with E-state index in [0.717, 1.165) is 16.5 Å². The van der Waals surface area contributed by atoms with Gasteiger partial charge in [-0.3, -0.25) is 9.89 Å². The number of H-pyrrole nitrogens is 1. The Morgan fingerprint density at radius 1 is 1.44 bits per heavy atom. The second-order valence-electron chi connectivity index (χ2n) is 3.84. The lowest BCUT2D eigenvalue weighted by atomic mass is 10.1. The number of hydrogen-bond acceptors (Lipinski definition) is 3. The van der Waals surface area contributed by atoms with Gasteiger partial charge in [-0.2, -0.15) is 5.10 Å². The van der Waals surface area contributed by atoms with Crippen molar-refractivity contribution in [2.24, 2.45) is 0 Å². The summed E-state index contributed by atoms with van der Waals surface area (Å²) in [7, 11) is 0. The molecule has 0 aliphatic rings. The molecule has 0 unspecified atom stereocenters. The topological polar surface area (TPSA) is 70.7 Å². The van der Waals surface area contributed by atoms with Crippen molar-refractivity contribution >= 4 is 21.8 Å². The van der Waals surface area contributed by atoms with Gasteiger partial charge in [0.15, 0.2) is 0 Å². The predicted molar refractivity (Wildman–Crippen MR) is 70.7 cm³/mol. The maximum Gasteiger partial charge on any atom is 0.220 e. The number of nitrogens with zero attached hydrogens (tertiary/aromatic N) is 2. The summed E-state index contributed by atoms with van der Waals surface area (Å²) in [4.78, 5) is 15.5. The maximum atomic E-state index is 11.6. The lowest BCUT2D eigenvalue weighted by molar-refractivity contribution is -0.121. The smallest absolute Gasteiger partial charge is 0.220 e. The first-order valence-electron chi connectivity index (χ1n) is 5.59. The molecule has 0 fully saturated rings. The van der Waals surface area contributed by atoms with E-state index in [1.54, 1.807) is 0 Å². The van der Waals surface area contributed by atoms with E-state index < -0.39 is 0 Å². The molecule has 0 bridgehead atoms. The Bertz CT molecular complexity index is 513. The number of aromatic amines is 1. The van der Waals surface area contributed by atoms with Crippen LogP contribution in [0.25, 0.3) is 0 Å². The number of benzene rings is 1. The van der Waals surface area contributed by atoms with Crippen LogP contribution < -0.4 is 5.32 Å². The largest absolute Gasteiger partial charge is 0.349 e. The molecule has 6 heteroatoms. The van der Waals surface area contributed by atoms with Gasteiger partial charge >= 0.3 is 0 Å². The van der Waals surface area contributed by atoms with Crippen LogP contribution in [0.3, 0.4) is 0 Å². The van der Waals surface area contributed by atoms with Gasteiger partial charge in [0.2, 0.25) is 5.91 Å². The molecule has 94 valence electrons. The number of halogens is 1. The second-order valence-corrected chi connectivity index (χ2v) is 4.75. The molecular weight excluding hydrogens is 296 g/mol. The highest BCUT2D eigenvalue weighted by Gasteiger charge is 2.03. The summed E-state index contributed by atoms with van der Waals surface area (Å²) >= 11 is 3.41. The van der Waals surface area contributed by atoms with Crippen molar-refractivity contribution in [3.8, 4) is 0 Å². The van der Waals surface area contributed by atoms with Gasteiger partial charge in [-0.05, 0) is 24.1 Å². The third-order valence-corrected chi connectivity index (χ3v) is 2.94. The molecule has 0 atom stereocenters. The van der Waals surface area contributed by atoms with Gasteiger partial charge in [0.1, 0.15) is 12.2 Å². The van der Waals surface area contributed by atoms with Gasteiger partial charge in [0.05, 0.1) is 6.54 Å². The molecule has 1 aromatic heterocycles. The van der Waals surface area contributed by atoms with E-state index in [1.165, 1.54) is 6.33 Å². The van der Waals surface area contributed by atoms with Crippen LogP contribution in [0.4, 0.5) is 0 Å². The summed E-state index contributed by atoms with van der Waals surface area (Å²) in [5.41, 5.74) is 1.14. The quantitative estimate of drug-likeness (QED) is 0.885. The molecule has 2 N–H and O–H groups in total. The van der Waals surface area contributed by atoms with E-state index in [4.69, 9.17) is 0 Å². The number of carbonyl (C=O) groups is 1. The Balaban J connectivity index is 1.75. The van der Waals surface area contributed by atoms with Gasteiger partial charge in [0, 0.05) is 10.9 Å². The lowest BCUT2D eigenvalue weighted by Crippen LogP contribution is -2.23. The fraction of sp³-hybridized carbons (Fsp3) is 0.250. The molecule has 5 nitrogen and oxygen atoms in total. The van der Waals surface area contributed by atoms with E-state index in [9.17, 15) is 4.79 Å². The van der Waals surface area contributed by atoms with Crippen LogP contribution in [0.5, 0.6) is 0 Å². The molecule has 1 heterocycles. The minimum atomic E-state index is 0.00590. The van der Waals surface area contributed by atoms with Gasteiger partial charge in [0.25, 0.3) is 0 Å². The minimum absolute atomic E-state index is 0.00590.